The van der Waals surface area contributed by atoms with Crippen LogP contribution in [0.4, 0.5) is 10.5 Å². The Morgan fingerprint density at radius 2 is 1.62 bits per heavy atom. The minimum atomic E-state index is -1.90. The molecule has 5 aliphatic heterocycles. The van der Waals surface area contributed by atoms with E-state index in [4.69, 9.17) is 49.9 Å². The van der Waals surface area contributed by atoms with Crippen molar-refractivity contribution >= 4 is 69.9 Å². The molecule has 1 aromatic heterocycles. The van der Waals surface area contributed by atoms with Crippen molar-refractivity contribution in [2.24, 2.45) is 5.92 Å². The zero-order valence-electron chi connectivity index (χ0n) is 52.3. The van der Waals surface area contributed by atoms with E-state index in [1.165, 1.54) is 54.6 Å². The third kappa shape index (κ3) is 15.7. The van der Waals surface area contributed by atoms with Crippen molar-refractivity contribution in [1.29, 1.82) is 0 Å². The number of esters is 1. The van der Waals surface area contributed by atoms with E-state index in [1.807, 2.05) is 30.0 Å². The Bertz CT molecular complexity index is 3110. The Balaban J connectivity index is 0.935. The summed E-state index contributed by atoms with van der Waals surface area (Å²) < 4.78 is 43.2. The van der Waals surface area contributed by atoms with Crippen LogP contribution in [0.2, 0.25) is 5.02 Å². The van der Waals surface area contributed by atoms with Crippen molar-refractivity contribution in [2.45, 2.75) is 153 Å². The first-order valence-corrected chi connectivity index (χ1v) is 30.6. The molecule has 0 radical (unpaired) electrons. The minimum Gasteiger partial charge on any atom is -0.495 e. The SMILES string of the molecule is COc1cc2cc(c1Cl)N(C)C(=O)C[C@H](OC(=O)[C@H](C)N(C)C(=O)CCC(=O)N(CCOCCOCCC(=O)O)C1CCN(C(=O)CCn3c4c(c5ccccc53)CN(C)N(C)C4)CC1)[C@]1(C)OC1[C@H](C)[C@@H]1C[C@@](O)(NC(=O)O1)[C@H](OC)/C=C/C=C(\C)C2. The van der Waals surface area contributed by atoms with Crippen LogP contribution < -0.4 is 15.0 Å². The number of aliphatic carboxylic acids is 1. The molecule has 5 aliphatic rings. The summed E-state index contributed by atoms with van der Waals surface area (Å²) in [5.74, 6) is -3.47. The number of allylic oxidation sites excluding steroid dienone is 3. The number of hydrogen-bond donors (Lipinski definition) is 3. The highest BCUT2D eigenvalue weighted by Crippen LogP contribution is 2.49. The summed E-state index contributed by atoms with van der Waals surface area (Å²) in [6, 6.07) is 10.3. The number of aromatic nitrogens is 1. The van der Waals surface area contributed by atoms with Gasteiger partial charge in [0.05, 0.1) is 64.7 Å². The molecule has 8 rings (SSSR count). The first-order valence-electron chi connectivity index (χ1n) is 30.2. The monoisotopic (exact) mass is 1250 g/mol. The molecule has 2 aromatic carbocycles. The first-order chi connectivity index (χ1) is 41.9. The van der Waals surface area contributed by atoms with Crippen LogP contribution in [0.25, 0.3) is 10.9 Å². The molecule has 1 unspecified atom stereocenters. The topological polar surface area (TPSA) is 264 Å². The number of halogens is 1. The number of ether oxygens (including phenoxy) is 7. The number of carboxylic acid groups (broad SMARTS) is 1. The molecule has 3 N–H and O–H groups in total. The number of likely N-dealkylation sites (tertiary alicyclic amines) is 1. The highest BCUT2D eigenvalue weighted by atomic mass is 35.5. The van der Waals surface area contributed by atoms with Crippen molar-refractivity contribution < 1.29 is 76.9 Å². The fraction of sp³-hybridized carbons (Fsp3) is 0.603. The Morgan fingerprint density at radius 1 is 0.932 bits per heavy atom. The third-order valence-corrected chi connectivity index (χ3v) is 18.4. The predicted octanol–water partition coefficient (Wildman–Crippen LogP) is 5.46. The number of epoxide rings is 1. The van der Waals surface area contributed by atoms with Crippen LogP contribution >= 0.6 is 11.6 Å². The van der Waals surface area contributed by atoms with E-state index in [2.05, 4.69) is 46.1 Å². The molecule has 8 atom stereocenters. The zero-order chi connectivity index (χ0) is 63.8. The van der Waals surface area contributed by atoms with Crippen molar-refractivity contribution in [1.82, 2.24) is 34.6 Å². The number of benzene rings is 2. The average molecular weight is 1250 g/mol. The molecule has 3 saturated heterocycles. The number of nitrogens with zero attached hydrogens (tertiary/aromatic N) is 7. The molecule has 0 saturated carbocycles. The van der Waals surface area contributed by atoms with Gasteiger partial charge in [0, 0.05) is 122 Å². The van der Waals surface area contributed by atoms with Gasteiger partial charge >= 0.3 is 18.0 Å². The van der Waals surface area contributed by atoms with Crippen molar-refractivity contribution in [2.75, 3.05) is 93.4 Å². The number of carboxylic acids is 1. The van der Waals surface area contributed by atoms with Crippen molar-refractivity contribution in [3.63, 3.8) is 0 Å². The Morgan fingerprint density at radius 3 is 2.33 bits per heavy atom. The number of likely N-dealkylation sites (N-methyl/N-ethyl adjacent to an activating group) is 1. The van der Waals surface area contributed by atoms with E-state index in [0.29, 0.717) is 56.8 Å². The van der Waals surface area contributed by atoms with Gasteiger partial charge in [0.1, 0.15) is 40.7 Å². The summed E-state index contributed by atoms with van der Waals surface area (Å²) in [5, 5.41) is 29.2. The van der Waals surface area contributed by atoms with Gasteiger partial charge in [-0.25, -0.2) is 19.6 Å². The van der Waals surface area contributed by atoms with Crippen molar-refractivity contribution in [3.8, 4) is 5.75 Å². The smallest absolute Gasteiger partial charge is 0.409 e. The van der Waals surface area contributed by atoms with E-state index < -0.39 is 84.0 Å². The highest BCUT2D eigenvalue weighted by molar-refractivity contribution is 6.35. The van der Waals surface area contributed by atoms with Gasteiger partial charge < -0.3 is 67.5 Å². The van der Waals surface area contributed by atoms with E-state index in [1.54, 1.807) is 50.1 Å². The number of carbonyl (C=O) groups is 7. The van der Waals surface area contributed by atoms with Gasteiger partial charge in [-0.3, -0.25) is 29.3 Å². The van der Waals surface area contributed by atoms with Crippen LogP contribution in [0.15, 0.2) is 60.2 Å². The number of hydrazine groups is 1. The number of amides is 5. The summed E-state index contributed by atoms with van der Waals surface area (Å²) in [6.07, 6.45) is 0.884. The van der Waals surface area contributed by atoms with Crippen LogP contribution in [0, 0.1) is 5.92 Å². The lowest BCUT2D eigenvalue weighted by molar-refractivity contribution is -0.162. The van der Waals surface area contributed by atoms with E-state index in [-0.39, 0.29) is 81.5 Å². The van der Waals surface area contributed by atoms with Gasteiger partial charge in [0.15, 0.2) is 5.72 Å². The fourth-order valence-electron chi connectivity index (χ4n) is 12.4. The number of rotatable bonds is 21. The molecule has 5 amide bonds. The van der Waals surface area contributed by atoms with Gasteiger partial charge in [0.25, 0.3) is 0 Å². The second kappa shape index (κ2) is 29.3. The maximum Gasteiger partial charge on any atom is 0.409 e. The van der Waals surface area contributed by atoms with Gasteiger partial charge in [-0.05, 0) is 69.4 Å². The molecule has 3 fully saturated rings. The summed E-state index contributed by atoms with van der Waals surface area (Å²) in [6.45, 7) is 10.4. The Hall–Kier alpha value is -6.64. The maximum atomic E-state index is 14.6. The number of aryl methyl sites for hydroxylation is 1. The largest absolute Gasteiger partial charge is 0.495 e. The molecule has 4 bridgehead atoms. The number of alkyl carbamates (subject to hydrolysis) is 1. The molecule has 88 heavy (non-hydrogen) atoms. The number of carbonyl (C=O) groups excluding carboxylic acids is 6. The first kappa shape index (κ1) is 67.3. The Labute approximate surface area is 519 Å². The predicted molar refractivity (Wildman–Crippen MR) is 325 cm³/mol. The Kier molecular flexibility index (Phi) is 22.4. The van der Waals surface area contributed by atoms with E-state index in [9.17, 15) is 38.7 Å². The molecule has 482 valence electrons. The number of fused-ring (bicyclic) bond motifs is 8. The van der Waals surface area contributed by atoms with Crippen LogP contribution in [-0.2, 0) is 83.2 Å². The summed E-state index contributed by atoms with van der Waals surface area (Å²) in [5.41, 5.74) is 2.31. The molecule has 6 heterocycles. The molecular weight excluding hydrogens is 1160 g/mol. The van der Waals surface area contributed by atoms with Gasteiger partial charge in [-0.15, -0.1) is 0 Å². The number of para-hydroxylation sites is 1. The molecule has 24 nitrogen and oxygen atoms in total. The number of aliphatic hydroxyl groups is 1. The fourth-order valence-corrected chi connectivity index (χ4v) is 12.7. The van der Waals surface area contributed by atoms with Crippen LogP contribution in [0.5, 0.6) is 5.75 Å². The van der Waals surface area contributed by atoms with Gasteiger partial charge in [-0.2, -0.15) is 0 Å². The number of nitrogens with one attached hydrogen (secondary N) is 1. The lowest BCUT2D eigenvalue weighted by Gasteiger charge is -2.42. The van der Waals surface area contributed by atoms with Crippen LogP contribution in [0.1, 0.15) is 95.9 Å². The van der Waals surface area contributed by atoms with Crippen LogP contribution in [-0.4, -0.2) is 217 Å². The second-order valence-corrected chi connectivity index (χ2v) is 24.3. The standard InChI is InChI=1S/C63H87ClN8O16/c1-39-14-13-17-51(83-10)63(81)36-50(86-61(80)65-63)40(2)59-62(4,88-59)52(35-56(76)69(8)47-33-42(32-39)34-49(82-9)58(47)64)87-60(79)41(3)68(7)53(73)18-19-55(75)71(27-29-85-31-30-84-28-23-57(77)78)43-20-24-70(25-21-43)54(74)22-26-72-46-16-12-11-15-44(46)45-37-66(5)67(6)38-48(45)72/h11-17,33-34,40-41,43,50-52,59,81H,18-32,35-38H2,1-10H3,(H,65,80)(H,77,78)/b17-13+,39-14+/t40-,41+,50+,51-,52+,59?,62+,63+/m1/s1. The molecular formula is C63H87ClN8O16. The van der Waals surface area contributed by atoms with Gasteiger partial charge in [-0.1, -0.05) is 60.5 Å². The number of anilines is 1. The average Bonchev–Trinajstić information content (AvgIpc) is 1.71. The van der Waals surface area contributed by atoms with Gasteiger partial charge in [0.2, 0.25) is 23.6 Å². The lowest BCUT2D eigenvalue weighted by atomic mass is 9.83. The molecule has 0 spiro atoms. The normalized spacial score (nSPS) is 26.0. The number of hydrogen-bond acceptors (Lipinski definition) is 17. The summed E-state index contributed by atoms with van der Waals surface area (Å²) in [7, 11) is 9.98. The number of methoxy groups -OCH3 is 2. The third-order valence-electron chi connectivity index (χ3n) is 18.1. The van der Waals surface area contributed by atoms with E-state index >= 15 is 0 Å². The summed E-state index contributed by atoms with van der Waals surface area (Å²) in [4.78, 5) is 101. The highest BCUT2D eigenvalue weighted by Gasteiger charge is 2.64. The number of piperidine rings is 1. The molecule has 25 heteroatoms. The maximum absolute atomic E-state index is 14.6. The van der Waals surface area contributed by atoms with Crippen LogP contribution in [0.3, 0.4) is 0 Å². The minimum absolute atomic E-state index is 0.0219. The van der Waals surface area contributed by atoms with E-state index in [0.717, 1.165) is 29.7 Å². The quantitative estimate of drug-likeness (QED) is 0.0679. The second-order valence-electron chi connectivity index (χ2n) is 23.9. The zero-order valence-corrected chi connectivity index (χ0v) is 53.0. The lowest BCUT2D eigenvalue weighted by Crippen LogP contribution is -2.63. The molecule has 3 aromatic rings. The summed E-state index contributed by atoms with van der Waals surface area (Å²) >= 11 is 6.88. The molecule has 0 aliphatic carbocycles. The van der Waals surface area contributed by atoms with Crippen molar-refractivity contribution in [3.05, 3.63) is 82.0 Å².